The maximum atomic E-state index is 13.1. The molecular weight excluding hydrogens is 1140 g/mol. The Morgan fingerprint density at radius 3 is 0.953 bits per heavy atom. The number of carbonyl (C=O) groups excluding carboxylic acids is 7. The van der Waals surface area contributed by atoms with Crippen LogP contribution < -0.4 is 0 Å². The van der Waals surface area contributed by atoms with Gasteiger partial charge < -0.3 is 52.1 Å². The van der Waals surface area contributed by atoms with Gasteiger partial charge in [-0.05, 0) is 35.9 Å². The first kappa shape index (κ1) is 78.9. The summed E-state index contributed by atoms with van der Waals surface area (Å²) >= 11 is 3.78. The van der Waals surface area contributed by atoms with Crippen molar-refractivity contribution in [3.05, 3.63) is 0 Å². The fourth-order valence-corrected chi connectivity index (χ4v) is 13.4. The minimum Gasteiger partial charge on any atom is -0.463 e. The summed E-state index contributed by atoms with van der Waals surface area (Å²) in [5.74, 6) is -1.93. The van der Waals surface area contributed by atoms with Gasteiger partial charge in [0.1, 0.15) is 31.5 Å². The maximum absolute atomic E-state index is 13.1. The van der Waals surface area contributed by atoms with Crippen LogP contribution in [0.25, 0.3) is 0 Å². The lowest BCUT2D eigenvalue weighted by Gasteiger charge is -2.48. The quantitative estimate of drug-likeness (QED) is 0.0314. The van der Waals surface area contributed by atoms with Gasteiger partial charge in [-0.15, -0.1) is 0 Å². The normalized spacial score (nSPS) is 22.0. The first-order valence-electron chi connectivity index (χ1n) is 33.3. The van der Waals surface area contributed by atoms with Crippen LogP contribution in [0, 0.1) is 5.92 Å². The number of hydrogen-bond acceptors (Lipinski definition) is 20. The molecule has 0 aliphatic carbocycles. The second kappa shape index (κ2) is 50.6. The number of hydrogen-bond donors (Lipinski definition) is 0. The second-order valence-corrected chi connectivity index (χ2v) is 25.9. The summed E-state index contributed by atoms with van der Waals surface area (Å²) in [6, 6.07) is 0. The third-order valence-corrected chi connectivity index (χ3v) is 17.9. The van der Waals surface area contributed by atoms with Crippen molar-refractivity contribution in [2.45, 2.75) is 329 Å². The van der Waals surface area contributed by atoms with Crippen LogP contribution in [0.15, 0.2) is 0 Å². The monoisotopic (exact) mass is 1260 g/mol. The Labute approximate surface area is 526 Å². The molecule has 2 aliphatic heterocycles. The van der Waals surface area contributed by atoms with Gasteiger partial charge in [-0.3, -0.25) is 33.6 Å². The van der Waals surface area contributed by atoms with Crippen molar-refractivity contribution in [3.63, 3.8) is 0 Å². The number of rotatable bonds is 52. The molecule has 10 atom stereocenters. The third-order valence-electron chi connectivity index (χ3n) is 15.4. The van der Waals surface area contributed by atoms with Crippen molar-refractivity contribution >= 4 is 65.3 Å². The van der Waals surface area contributed by atoms with Gasteiger partial charge >= 0.3 is 41.8 Å². The van der Waals surface area contributed by atoms with E-state index in [1.165, 1.54) is 206 Å². The minimum atomic E-state index is -1.78. The largest absolute Gasteiger partial charge is 0.463 e. The van der Waals surface area contributed by atoms with Crippen molar-refractivity contribution in [1.82, 2.24) is 0 Å². The lowest BCUT2D eigenvalue weighted by molar-refractivity contribution is -0.361. The number of ether oxygens (including phenoxy) is 11. The fraction of sp³-hybridized carbons (Fsp3) is 0.894. The van der Waals surface area contributed by atoms with Gasteiger partial charge in [-0.2, -0.15) is 23.5 Å². The Morgan fingerprint density at radius 1 is 0.337 bits per heavy atom. The van der Waals surface area contributed by atoms with Crippen LogP contribution in [-0.2, 0) is 85.7 Å². The number of esters is 7. The van der Waals surface area contributed by atoms with E-state index in [1.54, 1.807) is 0 Å². The van der Waals surface area contributed by atoms with E-state index in [0.29, 0.717) is 0 Å². The predicted octanol–water partition coefficient (Wildman–Crippen LogP) is 14.2. The molecule has 0 bridgehead atoms. The molecule has 2 saturated heterocycles. The molecule has 0 aromatic heterocycles. The predicted molar refractivity (Wildman–Crippen MR) is 336 cm³/mol. The van der Waals surface area contributed by atoms with Crippen LogP contribution in [0.4, 0.5) is 0 Å². The van der Waals surface area contributed by atoms with E-state index in [9.17, 15) is 33.6 Å². The zero-order valence-corrected chi connectivity index (χ0v) is 56.2. The van der Waals surface area contributed by atoms with E-state index in [0.717, 1.165) is 70.5 Å². The highest BCUT2D eigenvalue weighted by atomic mass is 32.2. The molecule has 0 radical (unpaired) electrons. The van der Waals surface area contributed by atoms with Crippen molar-refractivity contribution in [2.75, 3.05) is 42.8 Å². The Kier molecular flexibility index (Phi) is 46.4. The summed E-state index contributed by atoms with van der Waals surface area (Å²) in [6.07, 6.45) is 26.8. The molecule has 0 aromatic carbocycles. The van der Waals surface area contributed by atoms with Crippen LogP contribution >= 0.6 is 23.5 Å². The van der Waals surface area contributed by atoms with Crippen LogP contribution in [0.5, 0.6) is 0 Å². The Hall–Kier alpha value is -3.17. The first-order valence-corrected chi connectivity index (χ1v) is 35.6. The topological polar surface area (TPSA) is 221 Å². The van der Waals surface area contributed by atoms with Gasteiger partial charge in [0.2, 0.25) is 0 Å². The Bertz CT molecular complexity index is 1780. The molecule has 0 spiro atoms. The lowest BCUT2D eigenvalue weighted by atomic mass is 9.96. The molecule has 86 heavy (non-hydrogen) atoms. The molecule has 2 heterocycles. The van der Waals surface area contributed by atoms with Crippen LogP contribution in [0.3, 0.4) is 0 Å². The highest BCUT2D eigenvalue weighted by molar-refractivity contribution is 8.00. The zero-order chi connectivity index (χ0) is 63.2. The molecule has 2 fully saturated rings. The van der Waals surface area contributed by atoms with Crippen LogP contribution in [0.2, 0.25) is 0 Å². The van der Waals surface area contributed by atoms with Gasteiger partial charge in [-0.25, -0.2) is 0 Å². The molecule has 500 valence electrons. The maximum Gasteiger partial charge on any atom is 0.303 e. The van der Waals surface area contributed by atoms with Gasteiger partial charge in [0.25, 0.3) is 0 Å². The Morgan fingerprint density at radius 2 is 0.616 bits per heavy atom. The molecule has 0 saturated carbocycles. The van der Waals surface area contributed by atoms with Crippen molar-refractivity contribution in [2.24, 2.45) is 5.92 Å². The minimum absolute atomic E-state index is 0.0411. The van der Waals surface area contributed by atoms with Crippen molar-refractivity contribution < 1.29 is 85.7 Å². The molecule has 2 rings (SSSR count). The van der Waals surface area contributed by atoms with E-state index < -0.39 is 116 Å². The SMILES string of the molecule is CCCCCCCCCCCCCCCCCCSCC(CO[C@@H]1O[C@H](COC(C)=O)[C@@H](O[C@@H]2O[C@H](COC(C)=O)[C@H](OC(C)=O)[C@H](OC(C)=O)[C@H]2OC(C)=O)[C@H](OC(C)=O)[C@H]1OC(C)=O)CSCCCCCCCCCCCCCCCCCC. The highest BCUT2D eigenvalue weighted by Crippen LogP contribution is 2.36. The second-order valence-electron chi connectivity index (χ2n) is 23.6. The standard InChI is InChI=1S/C66H116O18S2/c1-10-12-14-16-18-20-22-24-26-28-30-32-34-36-38-40-42-85-47-56(48-86-43-41-39-37-35-33-31-29-27-25-23-21-19-17-15-13-11-2)44-76-65-63(80-54(8)72)62(79-53(7)71)60(58(82-65)46-75-50(4)68)84-66-64(81-55(9)73)61(78-52(6)70)59(77-51(5)69)57(83-66)45-74-49(3)67/h56-66H,10-48H2,1-9H3/t57-,58-,59+,60-,61+,62+,63-,64-,65-,66+/m1/s1. The van der Waals surface area contributed by atoms with E-state index in [2.05, 4.69) is 13.8 Å². The van der Waals surface area contributed by atoms with Gasteiger partial charge in [0.15, 0.2) is 43.1 Å². The van der Waals surface area contributed by atoms with E-state index in [-0.39, 0.29) is 12.5 Å². The van der Waals surface area contributed by atoms with Crippen LogP contribution in [0.1, 0.15) is 268 Å². The molecule has 18 nitrogen and oxygen atoms in total. The summed E-state index contributed by atoms with van der Waals surface area (Å²) in [5.41, 5.74) is 0. The van der Waals surface area contributed by atoms with Gasteiger partial charge in [0.05, 0.1) is 6.61 Å². The third kappa shape index (κ3) is 38.4. The summed E-state index contributed by atoms with van der Waals surface area (Å²) in [6.45, 7) is 11.6. The molecule has 20 heteroatoms. The fourth-order valence-electron chi connectivity index (χ4n) is 11.0. The first-order chi connectivity index (χ1) is 41.5. The molecule has 0 N–H and O–H groups in total. The molecule has 0 amide bonds. The summed E-state index contributed by atoms with van der Waals surface area (Å²) in [4.78, 5) is 88.5. The van der Waals surface area contributed by atoms with Crippen molar-refractivity contribution in [3.8, 4) is 0 Å². The van der Waals surface area contributed by atoms with E-state index in [1.807, 2.05) is 23.5 Å². The zero-order valence-electron chi connectivity index (χ0n) is 54.6. The number of carbonyl (C=O) groups is 7. The highest BCUT2D eigenvalue weighted by Gasteiger charge is 2.57. The smallest absolute Gasteiger partial charge is 0.303 e. The van der Waals surface area contributed by atoms with Gasteiger partial charge in [-0.1, -0.05) is 206 Å². The number of unbranched alkanes of at least 4 members (excludes halogenated alkanes) is 30. The number of thioether (sulfide) groups is 2. The summed E-state index contributed by atoms with van der Waals surface area (Å²) in [7, 11) is 0. The van der Waals surface area contributed by atoms with Crippen LogP contribution in [-0.4, -0.2) is 146 Å². The summed E-state index contributed by atoms with van der Waals surface area (Å²) < 4.78 is 65.3. The van der Waals surface area contributed by atoms with Crippen molar-refractivity contribution in [1.29, 1.82) is 0 Å². The molecule has 2 aliphatic rings. The lowest BCUT2D eigenvalue weighted by Crippen LogP contribution is -2.67. The van der Waals surface area contributed by atoms with E-state index >= 15 is 0 Å². The average molecular weight is 1260 g/mol. The van der Waals surface area contributed by atoms with E-state index in [4.69, 9.17) is 52.1 Å². The molecule has 0 aromatic rings. The average Bonchev–Trinajstić information content (AvgIpc) is 0.933. The molecular formula is C66H116O18S2. The molecule has 0 unspecified atom stereocenters. The van der Waals surface area contributed by atoms with Gasteiger partial charge in [0, 0.05) is 54.4 Å². The summed E-state index contributed by atoms with van der Waals surface area (Å²) in [5, 5.41) is 0. The Balaban J connectivity index is 2.24.